The average molecular weight is 413 g/mol. The molecule has 1 aromatic carbocycles. The molecule has 1 rings (SSSR count). The molecule has 0 spiro atoms. The highest BCUT2D eigenvalue weighted by Gasteiger charge is 2.19. The summed E-state index contributed by atoms with van der Waals surface area (Å²) in [4.78, 5) is 0. The number of rotatable bonds is 7. The smallest absolute Gasteiger partial charge is 0.387 e. The summed E-state index contributed by atoms with van der Waals surface area (Å²) in [6.07, 6.45) is 0.226. The lowest BCUT2D eigenvalue weighted by Gasteiger charge is -2.15. The fraction of sp³-hybridized carbons (Fsp3) is 0.400. The molecule has 0 bridgehead atoms. The Balaban J connectivity index is 3.09. The van der Waals surface area contributed by atoms with Crippen molar-refractivity contribution in [3.05, 3.63) is 21.6 Å². The van der Waals surface area contributed by atoms with E-state index in [9.17, 15) is 17.2 Å². The van der Waals surface area contributed by atoms with Crippen molar-refractivity contribution in [2.24, 2.45) is 0 Å². The highest BCUT2D eigenvalue weighted by molar-refractivity contribution is 9.10. The molecule has 0 unspecified atom stereocenters. The van der Waals surface area contributed by atoms with E-state index in [4.69, 9.17) is 23.2 Å². The van der Waals surface area contributed by atoms with Gasteiger partial charge in [-0.3, -0.25) is 4.72 Å². The number of halogens is 5. The van der Waals surface area contributed by atoms with Crippen LogP contribution < -0.4 is 9.46 Å². The molecule has 1 N–H and O–H groups in total. The molecule has 0 aliphatic rings. The lowest BCUT2D eigenvalue weighted by atomic mass is 10.3. The first-order valence-electron chi connectivity index (χ1n) is 5.25. The zero-order chi connectivity index (χ0) is 15.3. The van der Waals surface area contributed by atoms with Crippen molar-refractivity contribution in [3.8, 4) is 5.75 Å². The molecule has 0 amide bonds. The molecule has 0 aromatic heterocycles. The molecule has 0 aliphatic carbocycles. The van der Waals surface area contributed by atoms with Crippen LogP contribution in [0.15, 0.2) is 16.6 Å². The van der Waals surface area contributed by atoms with Crippen LogP contribution in [0.25, 0.3) is 0 Å². The van der Waals surface area contributed by atoms with Crippen molar-refractivity contribution in [3.63, 3.8) is 0 Å². The van der Waals surface area contributed by atoms with Crippen molar-refractivity contribution in [1.82, 2.24) is 0 Å². The molecule has 0 radical (unpaired) electrons. The molecule has 0 atom stereocenters. The van der Waals surface area contributed by atoms with Crippen LogP contribution >= 0.6 is 39.1 Å². The molecule has 0 saturated carbocycles. The summed E-state index contributed by atoms with van der Waals surface area (Å²) in [6.45, 7) is -3.10. The Morgan fingerprint density at radius 3 is 2.60 bits per heavy atom. The molecule has 0 fully saturated rings. The molecule has 1 aromatic rings. The van der Waals surface area contributed by atoms with Gasteiger partial charge in [-0.1, -0.05) is 11.6 Å². The van der Waals surface area contributed by atoms with E-state index in [0.29, 0.717) is 0 Å². The molecule has 20 heavy (non-hydrogen) atoms. The molecule has 0 saturated heterocycles. The number of sulfonamides is 1. The van der Waals surface area contributed by atoms with Gasteiger partial charge in [-0.2, -0.15) is 8.78 Å². The van der Waals surface area contributed by atoms with E-state index < -0.39 is 16.6 Å². The zero-order valence-corrected chi connectivity index (χ0v) is 13.8. The van der Waals surface area contributed by atoms with E-state index in [1.807, 2.05) is 0 Å². The number of anilines is 1. The van der Waals surface area contributed by atoms with Crippen LogP contribution in [0.2, 0.25) is 5.02 Å². The summed E-state index contributed by atoms with van der Waals surface area (Å²) >= 11 is 14.2. The predicted octanol–water partition coefficient (Wildman–Crippen LogP) is 4.07. The van der Waals surface area contributed by atoms with Crippen molar-refractivity contribution < 1.29 is 21.9 Å². The number of hydrogen-bond acceptors (Lipinski definition) is 3. The molecule has 0 heterocycles. The Labute approximate surface area is 133 Å². The standard InChI is InChI=1S/C10H10BrCl2F2NO3S/c11-7-4-6(13)5-8(9(7)19-10(14)15)16-20(17,18)3-1-2-12/h4-5,10,16H,1-3H2. The second-order valence-corrected chi connectivity index (χ2v) is 7.12. The number of ether oxygens (including phenoxy) is 1. The van der Waals surface area contributed by atoms with E-state index in [1.165, 1.54) is 12.1 Å². The SMILES string of the molecule is O=S(=O)(CCCCl)Nc1cc(Cl)cc(Br)c1OC(F)F. The van der Waals surface area contributed by atoms with Crippen LogP contribution in [0.1, 0.15) is 6.42 Å². The van der Waals surface area contributed by atoms with Crippen LogP contribution in [0.4, 0.5) is 14.5 Å². The van der Waals surface area contributed by atoms with Gasteiger partial charge in [0.25, 0.3) is 0 Å². The van der Waals surface area contributed by atoms with Gasteiger partial charge in [0.1, 0.15) is 0 Å². The van der Waals surface area contributed by atoms with Gasteiger partial charge < -0.3 is 4.74 Å². The quantitative estimate of drug-likeness (QED) is 0.686. The molecule has 0 aliphatic heterocycles. The third kappa shape index (κ3) is 5.59. The minimum Gasteiger partial charge on any atom is -0.431 e. The molecule has 10 heteroatoms. The van der Waals surface area contributed by atoms with Crippen molar-refractivity contribution in [2.45, 2.75) is 13.0 Å². The normalized spacial score (nSPS) is 11.7. The minimum atomic E-state index is -3.73. The lowest BCUT2D eigenvalue weighted by Crippen LogP contribution is -2.18. The Hall–Kier alpha value is -0.310. The molecular formula is C10H10BrCl2F2NO3S. The van der Waals surface area contributed by atoms with Gasteiger partial charge in [0.2, 0.25) is 10.0 Å². The van der Waals surface area contributed by atoms with Gasteiger partial charge in [-0.15, -0.1) is 11.6 Å². The monoisotopic (exact) mass is 411 g/mol. The van der Waals surface area contributed by atoms with E-state index >= 15 is 0 Å². The van der Waals surface area contributed by atoms with Gasteiger partial charge in [-0.25, -0.2) is 8.42 Å². The second kappa shape index (κ2) is 7.63. The summed E-state index contributed by atoms with van der Waals surface area (Å²) < 4.78 is 54.7. The van der Waals surface area contributed by atoms with Crippen molar-refractivity contribution in [2.75, 3.05) is 16.4 Å². The second-order valence-electron chi connectivity index (χ2n) is 3.61. The Kier molecular flexibility index (Phi) is 6.77. The third-order valence-electron chi connectivity index (χ3n) is 2.03. The number of hydrogen-bond donors (Lipinski definition) is 1. The lowest BCUT2D eigenvalue weighted by molar-refractivity contribution is -0.0498. The summed E-state index contributed by atoms with van der Waals surface area (Å²) in [5, 5.41) is 0.161. The maximum Gasteiger partial charge on any atom is 0.387 e. The van der Waals surface area contributed by atoms with E-state index in [-0.39, 0.29) is 39.0 Å². The van der Waals surface area contributed by atoms with Crippen LogP contribution in [0.3, 0.4) is 0 Å². The fourth-order valence-electron chi connectivity index (χ4n) is 1.31. The maximum atomic E-state index is 12.3. The first-order valence-corrected chi connectivity index (χ1v) is 8.61. The zero-order valence-electron chi connectivity index (χ0n) is 9.88. The van der Waals surface area contributed by atoms with Crippen LogP contribution in [0.5, 0.6) is 5.75 Å². The summed E-state index contributed by atoms with van der Waals surface area (Å²) in [5.74, 6) is -0.409. The number of alkyl halides is 3. The molecule has 4 nitrogen and oxygen atoms in total. The van der Waals surface area contributed by atoms with Gasteiger partial charge >= 0.3 is 6.61 Å². The van der Waals surface area contributed by atoms with E-state index in [2.05, 4.69) is 25.4 Å². The fourth-order valence-corrected chi connectivity index (χ4v) is 3.62. The highest BCUT2D eigenvalue weighted by atomic mass is 79.9. The minimum absolute atomic E-state index is 0.111. The maximum absolute atomic E-state index is 12.3. The van der Waals surface area contributed by atoms with Crippen LogP contribution in [-0.4, -0.2) is 26.7 Å². The predicted molar refractivity (Wildman–Crippen MR) is 78.5 cm³/mol. The van der Waals surface area contributed by atoms with Gasteiger partial charge in [0, 0.05) is 10.9 Å². The molecular weight excluding hydrogens is 403 g/mol. The van der Waals surface area contributed by atoms with Crippen molar-refractivity contribution >= 4 is 54.8 Å². The first kappa shape index (κ1) is 17.7. The number of nitrogens with one attached hydrogen (secondary N) is 1. The van der Waals surface area contributed by atoms with Gasteiger partial charge in [0.05, 0.1) is 15.9 Å². The first-order chi connectivity index (χ1) is 9.25. The largest absolute Gasteiger partial charge is 0.431 e. The van der Waals surface area contributed by atoms with Crippen LogP contribution in [0, 0.1) is 0 Å². The average Bonchev–Trinajstić information content (AvgIpc) is 2.30. The van der Waals surface area contributed by atoms with Gasteiger partial charge in [-0.05, 0) is 34.5 Å². The number of benzene rings is 1. The Morgan fingerprint density at radius 2 is 2.05 bits per heavy atom. The third-order valence-corrected chi connectivity index (χ3v) is 4.46. The van der Waals surface area contributed by atoms with Crippen molar-refractivity contribution in [1.29, 1.82) is 0 Å². The topological polar surface area (TPSA) is 55.4 Å². The summed E-state index contributed by atoms with van der Waals surface area (Å²) in [6, 6.07) is 2.50. The van der Waals surface area contributed by atoms with E-state index in [0.717, 1.165) is 0 Å². The Morgan fingerprint density at radius 1 is 1.40 bits per heavy atom. The highest BCUT2D eigenvalue weighted by Crippen LogP contribution is 2.38. The van der Waals surface area contributed by atoms with Gasteiger partial charge in [0.15, 0.2) is 5.75 Å². The Bertz CT molecular complexity index is 572. The van der Waals surface area contributed by atoms with E-state index in [1.54, 1.807) is 0 Å². The summed E-state index contributed by atoms with van der Waals surface area (Å²) in [5.41, 5.74) is -0.167. The molecule has 114 valence electrons. The van der Waals surface area contributed by atoms with Crippen LogP contribution in [-0.2, 0) is 10.0 Å². The summed E-state index contributed by atoms with van der Waals surface area (Å²) in [7, 11) is -3.73.